The SMILES string of the molecule is Cc1cc(Cl)c2scc(S(=O)(=O)O)c2n1. The number of nitrogens with zero attached hydrogens (tertiary/aromatic N) is 1. The van der Waals surface area contributed by atoms with E-state index in [0.29, 0.717) is 15.4 Å². The van der Waals surface area contributed by atoms with Gasteiger partial charge in [-0.05, 0) is 13.0 Å². The van der Waals surface area contributed by atoms with E-state index in [0.717, 1.165) is 11.3 Å². The van der Waals surface area contributed by atoms with Crippen molar-refractivity contribution < 1.29 is 13.0 Å². The summed E-state index contributed by atoms with van der Waals surface area (Å²) in [5.74, 6) is 0. The Bertz CT molecular complexity index is 633. The van der Waals surface area contributed by atoms with E-state index in [9.17, 15) is 8.42 Å². The van der Waals surface area contributed by atoms with Crippen molar-refractivity contribution in [2.75, 3.05) is 0 Å². The Hall–Kier alpha value is -0.690. The van der Waals surface area contributed by atoms with Crippen LogP contribution in [0.3, 0.4) is 0 Å². The van der Waals surface area contributed by atoms with Crippen LogP contribution in [0.1, 0.15) is 5.69 Å². The van der Waals surface area contributed by atoms with Crippen molar-refractivity contribution in [1.29, 1.82) is 0 Å². The lowest BCUT2D eigenvalue weighted by Gasteiger charge is -1.97. The number of aromatic nitrogens is 1. The lowest BCUT2D eigenvalue weighted by atomic mass is 10.3. The van der Waals surface area contributed by atoms with Gasteiger partial charge in [0.1, 0.15) is 10.4 Å². The molecule has 0 radical (unpaired) electrons. The molecule has 0 aliphatic heterocycles. The van der Waals surface area contributed by atoms with Crippen LogP contribution in [0, 0.1) is 6.92 Å². The molecule has 0 aliphatic rings. The second-order valence-electron chi connectivity index (χ2n) is 3.00. The van der Waals surface area contributed by atoms with Crippen molar-refractivity contribution >= 4 is 43.3 Å². The van der Waals surface area contributed by atoms with Crippen LogP contribution in [0.2, 0.25) is 5.02 Å². The summed E-state index contributed by atoms with van der Waals surface area (Å²) in [4.78, 5) is 3.86. The Labute approximate surface area is 95.3 Å². The number of hydrogen-bond donors (Lipinski definition) is 1. The third-order valence-corrected chi connectivity index (χ3v) is 4.28. The quantitative estimate of drug-likeness (QED) is 0.803. The third kappa shape index (κ3) is 1.85. The second-order valence-corrected chi connectivity index (χ2v) is 5.68. The molecule has 7 heteroatoms. The lowest BCUT2D eigenvalue weighted by molar-refractivity contribution is 0.484. The highest BCUT2D eigenvalue weighted by Crippen LogP contribution is 2.33. The summed E-state index contributed by atoms with van der Waals surface area (Å²) < 4.78 is 31.5. The Morgan fingerprint density at radius 1 is 1.53 bits per heavy atom. The van der Waals surface area contributed by atoms with Gasteiger partial charge in [0.15, 0.2) is 0 Å². The zero-order valence-corrected chi connectivity index (χ0v) is 9.95. The van der Waals surface area contributed by atoms with Crippen LogP contribution in [-0.4, -0.2) is 18.0 Å². The average Bonchev–Trinajstić information content (AvgIpc) is 2.45. The van der Waals surface area contributed by atoms with Gasteiger partial charge in [0.2, 0.25) is 0 Å². The van der Waals surface area contributed by atoms with Crippen LogP contribution in [0.4, 0.5) is 0 Å². The Morgan fingerprint density at radius 2 is 2.20 bits per heavy atom. The number of thiophene rings is 1. The average molecular weight is 264 g/mol. The normalized spacial score (nSPS) is 12.2. The first-order valence-electron chi connectivity index (χ1n) is 3.91. The number of hydrogen-bond acceptors (Lipinski definition) is 4. The van der Waals surface area contributed by atoms with E-state index in [1.807, 2.05) is 0 Å². The minimum atomic E-state index is -4.23. The minimum Gasteiger partial charge on any atom is -0.282 e. The molecule has 0 spiro atoms. The first-order chi connectivity index (χ1) is 6.89. The molecular weight excluding hydrogens is 258 g/mol. The van der Waals surface area contributed by atoms with Gasteiger partial charge in [-0.1, -0.05) is 11.6 Å². The van der Waals surface area contributed by atoms with Gasteiger partial charge >= 0.3 is 0 Å². The maximum Gasteiger partial charge on any atom is 0.297 e. The zero-order valence-electron chi connectivity index (χ0n) is 7.56. The molecule has 0 aliphatic carbocycles. The highest BCUT2D eigenvalue weighted by atomic mass is 35.5. The molecule has 2 aromatic heterocycles. The molecule has 0 saturated carbocycles. The number of pyridine rings is 1. The van der Waals surface area contributed by atoms with E-state index in [1.54, 1.807) is 13.0 Å². The summed E-state index contributed by atoms with van der Waals surface area (Å²) in [5.41, 5.74) is 0.836. The van der Waals surface area contributed by atoms with Crippen molar-refractivity contribution in [3.63, 3.8) is 0 Å². The van der Waals surface area contributed by atoms with Gasteiger partial charge in [-0.3, -0.25) is 9.54 Å². The molecule has 1 N–H and O–H groups in total. The molecule has 0 bridgehead atoms. The third-order valence-electron chi connectivity index (χ3n) is 1.85. The summed E-state index contributed by atoms with van der Waals surface area (Å²) >= 11 is 7.06. The van der Waals surface area contributed by atoms with Gasteiger partial charge in [0.25, 0.3) is 10.1 Å². The van der Waals surface area contributed by atoms with Crippen LogP contribution in [0.15, 0.2) is 16.3 Å². The summed E-state index contributed by atoms with van der Waals surface area (Å²) in [6, 6.07) is 1.65. The number of halogens is 1. The molecule has 0 unspecified atom stereocenters. The molecule has 2 heterocycles. The van der Waals surface area contributed by atoms with Crippen LogP contribution in [0.5, 0.6) is 0 Å². The molecule has 0 aromatic carbocycles. The summed E-state index contributed by atoms with van der Waals surface area (Å²) in [7, 11) is -4.23. The van der Waals surface area contributed by atoms with E-state index in [2.05, 4.69) is 4.98 Å². The van der Waals surface area contributed by atoms with Crippen molar-refractivity contribution in [2.24, 2.45) is 0 Å². The standard InChI is InChI=1S/C8H6ClNO3S2/c1-4-2-5(9)8-7(10-4)6(3-14-8)15(11,12)13/h2-3H,1H3,(H,11,12,13). The molecule has 0 fully saturated rings. The van der Waals surface area contributed by atoms with Gasteiger partial charge in [-0.15, -0.1) is 11.3 Å². The van der Waals surface area contributed by atoms with Crippen LogP contribution < -0.4 is 0 Å². The van der Waals surface area contributed by atoms with E-state index < -0.39 is 10.1 Å². The van der Waals surface area contributed by atoms with Gasteiger partial charge in [-0.25, -0.2) is 0 Å². The van der Waals surface area contributed by atoms with E-state index in [1.165, 1.54) is 5.38 Å². The summed E-state index contributed by atoms with van der Waals surface area (Å²) in [5, 5.41) is 1.77. The minimum absolute atomic E-state index is 0.187. The zero-order chi connectivity index (χ0) is 11.2. The van der Waals surface area contributed by atoms with Gasteiger partial charge in [0.05, 0.1) is 9.72 Å². The molecule has 4 nitrogen and oxygen atoms in total. The van der Waals surface area contributed by atoms with Crippen LogP contribution >= 0.6 is 22.9 Å². The predicted molar refractivity (Wildman–Crippen MR) is 59.2 cm³/mol. The maximum absolute atomic E-state index is 11.0. The fraction of sp³-hybridized carbons (Fsp3) is 0.125. The van der Waals surface area contributed by atoms with Crippen LogP contribution in [-0.2, 0) is 10.1 Å². The lowest BCUT2D eigenvalue weighted by Crippen LogP contribution is -1.97. The largest absolute Gasteiger partial charge is 0.297 e. The van der Waals surface area contributed by atoms with Crippen molar-refractivity contribution in [1.82, 2.24) is 4.98 Å². The molecule has 0 atom stereocenters. The molecule has 80 valence electrons. The van der Waals surface area contributed by atoms with E-state index in [4.69, 9.17) is 16.2 Å². The van der Waals surface area contributed by atoms with Gasteiger partial charge < -0.3 is 0 Å². The molecule has 0 amide bonds. The predicted octanol–water partition coefficient (Wildman–Crippen LogP) is 2.50. The Morgan fingerprint density at radius 3 is 2.80 bits per heavy atom. The van der Waals surface area contributed by atoms with Crippen molar-refractivity contribution in [2.45, 2.75) is 11.8 Å². The fourth-order valence-corrected chi connectivity index (χ4v) is 3.50. The van der Waals surface area contributed by atoms with Crippen molar-refractivity contribution in [3.8, 4) is 0 Å². The van der Waals surface area contributed by atoms with Crippen LogP contribution in [0.25, 0.3) is 10.2 Å². The van der Waals surface area contributed by atoms with Gasteiger partial charge in [-0.2, -0.15) is 8.42 Å². The highest BCUT2D eigenvalue weighted by Gasteiger charge is 2.18. The fourth-order valence-electron chi connectivity index (χ4n) is 1.25. The summed E-state index contributed by atoms with van der Waals surface area (Å²) in [6.45, 7) is 1.71. The number of rotatable bonds is 1. The van der Waals surface area contributed by atoms with E-state index >= 15 is 0 Å². The highest BCUT2D eigenvalue weighted by molar-refractivity contribution is 7.86. The summed E-state index contributed by atoms with van der Waals surface area (Å²) in [6.07, 6.45) is 0. The number of fused-ring (bicyclic) bond motifs is 1. The maximum atomic E-state index is 11.0. The molecule has 2 rings (SSSR count). The van der Waals surface area contributed by atoms with E-state index in [-0.39, 0.29) is 10.4 Å². The first kappa shape index (κ1) is 10.8. The van der Waals surface area contributed by atoms with Crippen molar-refractivity contribution in [3.05, 3.63) is 22.2 Å². The molecular formula is C8H6ClNO3S2. The second kappa shape index (κ2) is 3.41. The monoisotopic (exact) mass is 263 g/mol. The van der Waals surface area contributed by atoms with Gasteiger partial charge in [0, 0.05) is 11.1 Å². The Kier molecular flexibility index (Phi) is 2.46. The smallest absolute Gasteiger partial charge is 0.282 e. The molecule has 15 heavy (non-hydrogen) atoms. The topological polar surface area (TPSA) is 67.3 Å². The molecule has 0 saturated heterocycles. The Balaban J connectivity index is 2.92. The first-order valence-corrected chi connectivity index (χ1v) is 6.61. The number of aryl methyl sites for hydroxylation is 1. The molecule has 2 aromatic rings.